The number of nitrogens with zero attached hydrogens (tertiary/aromatic N) is 2. The second-order valence-electron chi connectivity index (χ2n) is 6.19. The zero-order chi connectivity index (χ0) is 18.8. The predicted molar refractivity (Wildman–Crippen MR) is 107 cm³/mol. The van der Waals surface area contributed by atoms with Gasteiger partial charge in [0, 0.05) is 5.56 Å². The van der Waals surface area contributed by atoms with Crippen LogP contribution in [0.4, 0.5) is 11.4 Å². The molecule has 3 aromatic carbocycles. The van der Waals surface area contributed by atoms with E-state index in [1.807, 2.05) is 42.5 Å². The van der Waals surface area contributed by atoms with Crippen molar-refractivity contribution in [1.82, 2.24) is 0 Å². The van der Waals surface area contributed by atoms with Gasteiger partial charge in [-0.05, 0) is 35.4 Å². The van der Waals surface area contributed by atoms with Crippen molar-refractivity contribution in [3.63, 3.8) is 0 Å². The number of fused-ring (bicyclic) bond motifs is 1. The topological polar surface area (TPSA) is 65.2 Å². The third-order valence-corrected chi connectivity index (χ3v) is 4.67. The second-order valence-corrected chi connectivity index (χ2v) is 6.60. The van der Waals surface area contributed by atoms with Gasteiger partial charge < -0.3 is 5.32 Å². The molecule has 4 rings (SSSR count). The smallest absolute Gasteiger partial charge is 0.230 e. The number of nitrogens with one attached hydrogen (secondary N) is 1. The van der Waals surface area contributed by atoms with E-state index in [4.69, 9.17) is 16.9 Å². The number of aliphatic imine (C=N–C) groups is 1. The third-order valence-electron chi connectivity index (χ3n) is 4.35. The molecule has 0 saturated heterocycles. The number of anilines is 1. The molecule has 1 aliphatic heterocycles. The van der Waals surface area contributed by atoms with Crippen molar-refractivity contribution < 1.29 is 4.79 Å². The molecule has 4 nitrogen and oxygen atoms in total. The Labute approximate surface area is 161 Å². The molecule has 130 valence electrons. The van der Waals surface area contributed by atoms with Gasteiger partial charge in [-0.1, -0.05) is 54.1 Å². The van der Waals surface area contributed by atoms with Crippen molar-refractivity contribution >= 4 is 34.6 Å². The Balaban J connectivity index is 1.83. The van der Waals surface area contributed by atoms with Crippen LogP contribution in [0.5, 0.6) is 0 Å². The van der Waals surface area contributed by atoms with E-state index in [0.717, 1.165) is 16.7 Å². The summed E-state index contributed by atoms with van der Waals surface area (Å²) in [6.45, 7) is 0. The lowest BCUT2D eigenvalue weighted by atomic mass is 10.0. The molecule has 0 bridgehead atoms. The van der Waals surface area contributed by atoms with E-state index in [1.54, 1.807) is 24.3 Å². The van der Waals surface area contributed by atoms with Crippen LogP contribution in [0.25, 0.3) is 11.1 Å². The summed E-state index contributed by atoms with van der Waals surface area (Å²) in [6.07, 6.45) is 0.127. The maximum absolute atomic E-state index is 12.4. The summed E-state index contributed by atoms with van der Waals surface area (Å²) < 4.78 is 0. The minimum atomic E-state index is -0.156. The fourth-order valence-electron chi connectivity index (χ4n) is 3.06. The van der Waals surface area contributed by atoms with Gasteiger partial charge in [-0.2, -0.15) is 5.26 Å². The van der Waals surface area contributed by atoms with Crippen molar-refractivity contribution in [1.29, 1.82) is 5.26 Å². The van der Waals surface area contributed by atoms with E-state index in [-0.39, 0.29) is 12.3 Å². The van der Waals surface area contributed by atoms with Gasteiger partial charge in [0.15, 0.2) is 0 Å². The lowest BCUT2D eigenvalue weighted by Crippen LogP contribution is -2.15. The molecule has 1 aliphatic rings. The molecule has 0 aromatic heterocycles. The summed E-state index contributed by atoms with van der Waals surface area (Å²) >= 11 is 6.50. The molecule has 1 N–H and O–H groups in total. The highest BCUT2D eigenvalue weighted by atomic mass is 35.5. The predicted octanol–water partition coefficient (Wildman–Crippen LogP) is 5.34. The van der Waals surface area contributed by atoms with Crippen molar-refractivity contribution in [3.8, 4) is 17.2 Å². The molecule has 1 amide bonds. The Kier molecular flexibility index (Phi) is 4.45. The van der Waals surface area contributed by atoms with Crippen LogP contribution in [-0.4, -0.2) is 11.6 Å². The summed E-state index contributed by atoms with van der Waals surface area (Å²) in [6, 6.07) is 22.6. The highest BCUT2D eigenvalue weighted by molar-refractivity contribution is 6.34. The van der Waals surface area contributed by atoms with Crippen LogP contribution in [0, 0.1) is 11.3 Å². The maximum Gasteiger partial charge on any atom is 0.230 e. The van der Waals surface area contributed by atoms with Gasteiger partial charge in [0.2, 0.25) is 5.91 Å². The lowest BCUT2D eigenvalue weighted by molar-refractivity contribution is -0.115. The van der Waals surface area contributed by atoms with Crippen LogP contribution in [0.2, 0.25) is 5.02 Å². The summed E-state index contributed by atoms with van der Waals surface area (Å²) in [5, 5.41) is 12.6. The molecule has 0 spiro atoms. The molecule has 3 aromatic rings. The SMILES string of the molecule is N#Cc1cccc(C2=Nc3cc(Cl)c(-c4ccccc4)cc3NC(=O)C2)c1. The van der Waals surface area contributed by atoms with E-state index < -0.39 is 0 Å². The fraction of sp³-hybridized carbons (Fsp3) is 0.0455. The largest absolute Gasteiger partial charge is 0.324 e. The fourth-order valence-corrected chi connectivity index (χ4v) is 3.33. The Morgan fingerprint density at radius 3 is 2.56 bits per heavy atom. The summed E-state index contributed by atoms with van der Waals surface area (Å²) in [7, 11) is 0. The highest BCUT2D eigenvalue weighted by Crippen LogP contribution is 2.38. The first kappa shape index (κ1) is 17.0. The van der Waals surface area contributed by atoms with Crippen LogP contribution in [-0.2, 0) is 4.79 Å². The summed E-state index contributed by atoms with van der Waals surface area (Å²) in [4.78, 5) is 17.1. The minimum absolute atomic E-state index is 0.127. The van der Waals surface area contributed by atoms with E-state index in [9.17, 15) is 4.79 Å². The molecule has 0 saturated carbocycles. The van der Waals surface area contributed by atoms with Crippen molar-refractivity contribution in [2.24, 2.45) is 4.99 Å². The van der Waals surface area contributed by atoms with Gasteiger partial charge in [0.1, 0.15) is 0 Å². The maximum atomic E-state index is 12.4. The number of halogens is 1. The number of hydrogen-bond acceptors (Lipinski definition) is 3. The van der Waals surface area contributed by atoms with Crippen molar-refractivity contribution in [3.05, 3.63) is 82.9 Å². The first-order valence-corrected chi connectivity index (χ1v) is 8.79. The molecular formula is C22H14ClN3O. The van der Waals surface area contributed by atoms with Gasteiger partial charge in [0.05, 0.1) is 40.2 Å². The molecule has 0 fully saturated rings. The number of carbonyl (C=O) groups is 1. The zero-order valence-electron chi connectivity index (χ0n) is 14.2. The van der Waals surface area contributed by atoms with Crippen LogP contribution in [0.1, 0.15) is 17.5 Å². The van der Waals surface area contributed by atoms with Gasteiger partial charge in [-0.25, -0.2) is 0 Å². The first-order valence-electron chi connectivity index (χ1n) is 8.41. The van der Waals surface area contributed by atoms with E-state index in [1.165, 1.54) is 0 Å². The molecule has 27 heavy (non-hydrogen) atoms. The van der Waals surface area contributed by atoms with E-state index >= 15 is 0 Å². The number of hydrogen-bond donors (Lipinski definition) is 1. The lowest BCUT2D eigenvalue weighted by Gasteiger charge is -2.10. The van der Waals surface area contributed by atoms with Crippen LogP contribution < -0.4 is 5.32 Å². The number of carbonyl (C=O) groups excluding carboxylic acids is 1. The number of amides is 1. The van der Waals surface area contributed by atoms with Crippen LogP contribution >= 0.6 is 11.6 Å². The number of rotatable bonds is 2. The molecule has 1 heterocycles. The Hall–Kier alpha value is -3.42. The van der Waals surface area contributed by atoms with Crippen molar-refractivity contribution in [2.45, 2.75) is 6.42 Å². The normalized spacial score (nSPS) is 13.0. The molecule has 0 aliphatic carbocycles. The summed E-state index contributed by atoms with van der Waals surface area (Å²) in [5.41, 5.74) is 4.90. The zero-order valence-corrected chi connectivity index (χ0v) is 15.0. The average Bonchev–Trinajstić information content (AvgIpc) is 2.86. The first-order chi connectivity index (χ1) is 13.1. The van der Waals surface area contributed by atoms with Crippen LogP contribution in [0.3, 0.4) is 0 Å². The Morgan fingerprint density at radius 2 is 1.78 bits per heavy atom. The third kappa shape index (κ3) is 3.46. The molecular weight excluding hydrogens is 358 g/mol. The minimum Gasteiger partial charge on any atom is -0.324 e. The Morgan fingerprint density at radius 1 is 1.00 bits per heavy atom. The van der Waals surface area contributed by atoms with Gasteiger partial charge in [0.25, 0.3) is 0 Å². The average molecular weight is 372 g/mol. The number of nitriles is 1. The number of benzene rings is 3. The molecule has 0 radical (unpaired) electrons. The molecule has 0 unspecified atom stereocenters. The van der Waals surface area contributed by atoms with Gasteiger partial charge in [-0.15, -0.1) is 0 Å². The van der Waals surface area contributed by atoms with Gasteiger partial charge in [-0.3, -0.25) is 9.79 Å². The Bertz CT molecular complexity index is 1110. The van der Waals surface area contributed by atoms with E-state index in [2.05, 4.69) is 16.4 Å². The standard InChI is InChI=1S/C22H14ClN3O/c23-18-11-21-20(10-17(18)15-6-2-1-3-7-15)26-22(27)12-19(25-21)16-8-4-5-14(9-16)13-24/h1-11H,12H2,(H,26,27). The van der Waals surface area contributed by atoms with E-state index in [0.29, 0.717) is 27.7 Å². The molecule has 0 atom stereocenters. The van der Waals surface area contributed by atoms with Gasteiger partial charge >= 0.3 is 0 Å². The quantitative estimate of drug-likeness (QED) is 0.660. The monoisotopic (exact) mass is 371 g/mol. The molecule has 5 heteroatoms. The summed E-state index contributed by atoms with van der Waals surface area (Å²) in [5.74, 6) is -0.156. The van der Waals surface area contributed by atoms with Crippen molar-refractivity contribution in [2.75, 3.05) is 5.32 Å². The van der Waals surface area contributed by atoms with Crippen LogP contribution in [0.15, 0.2) is 71.7 Å². The highest BCUT2D eigenvalue weighted by Gasteiger charge is 2.19. The second kappa shape index (κ2) is 7.06.